The molecule has 0 fully saturated rings. The van der Waals surface area contributed by atoms with Gasteiger partial charge in [-0.2, -0.15) is 0 Å². The molecule has 0 saturated carbocycles. The van der Waals surface area contributed by atoms with Gasteiger partial charge in [-0.05, 0) is 39.8 Å². The van der Waals surface area contributed by atoms with E-state index in [4.69, 9.17) is 9.11 Å². The van der Waals surface area contributed by atoms with Crippen LogP contribution >= 0.6 is 10.6 Å². The number of aryl methyl sites for hydroxylation is 1. The molecule has 0 atom stereocenters. The second kappa shape index (κ2) is 3.57. The van der Waals surface area contributed by atoms with E-state index in [9.17, 15) is 0 Å². The second-order valence-electron chi connectivity index (χ2n) is 4.54. The molecule has 0 heterocycles. The van der Waals surface area contributed by atoms with Crippen molar-refractivity contribution < 1.29 is 9.11 Å². The topological polar surface area (TPSA) is 45.8 Å². The van der Waals surface area contributed by atoms with Crippen LogP contribution < -0.4 is 0 Å². The zero-order valence-electron chi connectivity index (χ0n) is 9.22. The summed E-state index contributed by atoms with van der Waals surface area (Å²) in [5.41, 5.74) is 1.18. The predicted molar refractivity (Wildman–Crippen MR) is 64.0 cm³/mol. The third-order valence-corrected chi connectivity index (χ3v) is 5.11. The Labute approximate surface area is 87.3 Å². The van der Waals surface area contributed by atoms with Gasteiger partial charge in [0.25, 0.3) is 0 Å². The van der Waals surface area contributed by atoms with Crippen molar-refractivity contribution in [1.29, 1.82) is 0 Å². The highest BCUT2D eigenvalue weighted by atomic mass is 32.3. The van der Waals surface area contributed by atoms with E-state index in [1.807, 2.05) is 52.0 Å². The molecule has 0 radical (unpaired) electrons. The molecule has 0 amide bonds. The molecule has 0 bridgehead atoms. The van der Waals surface area contributed by atoms with Crippen molar-refractivity contribution in [2.75, 3.05) is 0 Å². The van der Waals surface area contributed by atoms with Crippen molar-refractivity contribution in [2.45, 2.75) is 37.3 Å². The first-order chi connectivity index (χ1) is 6.25. The average molecular weight is 216 g/mol. The van der Waals surface area contributed by atoms with Crippen molar-refractivity contribution in [2.24, 2.45) is 0 Å². The van der Waals surface area contributed by atoms with E-state index in [1.54, 1.807) is 0 Å². The zero-order valence-corrected chi connectivity index (χ0v) is 10.0. The van der Waals surface area contributed by atoms with Crippen LogP contribution in [0.4, 0.5) is 0 Å². The van der Waals surface area contributed by atoms with E-state index in [1.165, 1.54) is 5.56 Å². The van der Waals surface area contributed by atoms with Gasteiger partial charge in [0.2, 0.25) is 0 Å². The van der Waals surface area contributed by atoms with Crippen LogP contribution in [0.5, 0.6) is 0 Å². The fraction of sp³-hybridized carbons (Fsp3) is 0.455. The third kappa shape index (κ3) is 2.11. The highest BCUT2D eigenvalue weighted by Gasteiger charge is 2.39. The molecule has 0 spiro atoms. The summed E-state index contributed by atoms with van der Waals surface area (Å²) >= 11 is 0. The molecule has 1 rings (SSSR count). The molecular weight excluding hydrogens is 196 g/mol. The fourth-order valence-corrected chi connectivity index (χ4v) is 2.35. The van der Waals surface area contributed by atoms with Crippen LogP contribution in [-0.4, -0.2) is 13.9 Å². The van der Waals surface area contributed by atoms with Gasteiger partial charge in [-0.15, -0.1) is 0 Å². The lowest BCUT2D eigenvalue weighted by atomic mass is 10.2. The van der Waals surface area contributed by atoms with Crippen LogP contribution in [0, 0.1) is 6.92 Å². The number of hydrogen-bond donors (Lipinski definition) is 0. The van der Waals surface area contributed by atoms with E-state index >= 15 is 0 Å². The summed E-state index contributed by atoms with van der Waals surface area (Å²) in [6, 6.07) is 7.78. The van der Waals surface area contributed by atoms with Crippen LogP contribution in [0.3, 0.4) is 0 Å². The van der Waals surface area contributed by atoms with E-state index in [2.05, 4.69) is 0 Å². The van der Waals surface area contributed by atoms with Crippen LogP contribution in [0.15, 0.2) is 29.2 Å². The van der Waals surface area contributed by atoms with Crippen LogP contribution in [0.2, 0.25) is 0 Å². The maximum Gasteiger partial charge on any atom is 0.145 e. The first kappa shape index (κ1) is 11.6. The summed E-state index contributed by atoms with van der Waals surface area (Å²) in [5.74, 6) is 0. The number of hydrogen-bond acceptors (Lipinski definition) is 0. The summed E-state index contributed by atoms with van der Waals surface area (Å²) in [6.07, 6.45) is 0. The maximum atomic E-state index is 8.14. The molecule has 14 heavy (non-hydrogen) atoms. The average Bonchev–Trinajstić information content (AvgIpc) is 2.03. The third-order valence-electron chi connectivity index (χ3n) is 2.29. The quantitative estimate of drug-likeness (QED) is 0.646. The van der Waals surface area contributed by atoms with Crippen molar-refractivity contribution in [3.63, 3.8) is 0 Å². The molecule has 4 N–H and O–H groups in total. The minimum absolute atomic E-state index is 0.289. The van der Waals surface area contributed by atoms with E-state index in [-0.39, 0.29) is 4.75 Å². The highest BCUT2D eigenvalue weighted by Crippen LogP contribution is 2.58. The van der Waals surface area contributed by atoms with Gasteiger partial charge in [0, 0.05) is 10.6 Å². The van der Waals surface area contributed by atoms with Crippen LogP contribution in [0.25, 0.3) is 0 Å². The molecule has 80 valence electrons. The number of benzene rings is 1. The monoisotopic (exact) mass is 216 g/mol. The van der Waals surface area contributed by atoms with E-state index in [0.717, 1.165) is 4.90 Å². The van der Waals surface area contributed by atoms with Gasteiger partial charge in [0.15, 0.2) is 0 Å². The summed E-state index contributed by atoms with van der Waals surface area (Å²) in [6.45, 7) is 7.90. The Morgan fingerprint density at radius 2 is 1.43 bits per heavy atom. The zero-order chi connectivity index (χ0) is 11.0. The van der Waals surface area contributed by atoms with Gasteiger partial charge in [-0.3, -0.25) is 9.11 Å². The molecule has 1 aromatic carbocycles. The number of rotatable bonds is 1. The molecule has 0 aliphatic rings. The SMILES string of the molecule is Cc1ccc(S([OH2+])([OH2+])C(C)(C)C)cc1. The Morgan fingerprint density at radius 3 is 1.79 bits per heavy atom. The minimum Gasteiger partial charge on any atom is -0.292 e. The Kier molecular flexibility index (Phi) is 2.95. The lowest BCUT2D eigenvalue weighted by Gasteiger charge is -2.35. The van der Waals surface area contributed by atoms with E-state index < -0.39 is 10.6 Å². The van der Waals surface area contributed by atoms with Gasteiger partial charge >= 0.3 is 0 Å². The van der Waals surface area contributed by atoms with E-state index in [0.29, 0.717) is 0 Å². The van der Waals surface area contributed by atoms with Crippen molar-refractivity contribution >= 4 is 10.6 Å². The molecule has 0 aliphatic heterocycles. The van der Waals surface area contributed by atoms with Crippen LogP contribution in [0.1, 0.15) is 26.3 Å². The second-order valence-corrected chi connectivity index (χ2v) is 7.46. The van der Waals surface area contributed by atoms with Gasteiger partial charge in [-0.1, -0.05) is 17.7 Å². The largest absolute Gasteiger partial charge is 0.292 e. The molecule has 3 heteroatoms. The van der Waals surface area contributed by atoms with Gasteiger partial charge in [-0.25, -0.2) is 0 Å². The molecule has 0 aromatic heterocycles. The smallest absolute Gasteiger partial charge is 0.145 e. The molecule has 0 saturated heterocycles. The molecule has 0 aliphatic carbocycles. The Balaban J connectivity index is 3.10. The van der Waals surface area contributed by atoms with Crippen molar-refractivity contribution in [3.05, 3.63) is 29.8 Å². The summed E-state index contributed by atoms with van der Waals surface area (Å²) in [7, 11) is -2.19. The fourth-order valence-electron chi connectivity index (χ4n) is 1.10. The van der Waals surface area contributed by atoms with Gasteiger partial charge < -0.3 is 0 Å². The summed E-state index contributed by atoms with van der Waals surface area (Å²) < 4.78 is 16.0. The summed E-state index contributed by atoms with van der Waals surface area (Å²) in [5, 5.41) is 0. The standard InChI is InChI=1S/C11H18O2S/c1-9-5-7-10(8-6-9)14(12,13)11(2,3)4/h5-8,12-13H,1-4H3/p+2. The van der Waals surface area contributed by atoms with Gasteiger partial charge in [0.05, 0.1) is 0 Å². The van der Waals surface area contributed by atoms with Crippen LogP contribution in [-0.2, 0) is 0 Å². The predicted octanol–water partition coefficient (Wildman–Crippen LogP) is 2.24. The van der Waals surface area contributed by atoms with Crippen molar-refractivity contribution in [1.82, 2.24) is 0 Å². The maximum absolute atomic E-state index is 8.14. The lowest BCUT2D eigenvalue weighted by molar-refractivity contribution is 0.450. The summed E-state index contributed by atoms with van der Waals surface area (Å²) in [4.78, 5) is 0.843. The van der Waals surface area contributed by atoms with Crippen molar-refractivity contribution in [3.8, 4) is 0 Å². The van der Waals surface area contributed by atoms with Gasteiger partial charge in [0.1, 0.15) is 9.64 Å². The Hall–Kier alpha value is -0.510. The first-order valence-corrected chi connectivity index (χ1v) is 6.27. The highest BCUT2D eigenvalue weighted by molar-refractivity contribution is 8.25. The Morgan fingerprint density at radius 1 is 1.00 bits per heavy atom. The molecular formula is C11H20O2S+2. The minimum atomic E-state index is -2.19. The Bertz CT molecular complexity index is 309. The molecule has 2 nitrogen and oxygen atoms in total. The normalized spacial score (nSPS) is 14.1. The first-order valence-electron chi connectivity index (χ1n) is 4.64. The molecule has 1 aromatic rings. The lowest BCUT2D eigenvalue weighted by Crippen LogP contribution is -2.24. The molecule has 0 unspecified atom stereocenters.